The second-order valence-corrected chi connectivity index (χ2v) is 9.52. The molecular formula is C19H26N4O4S. The molecule has 1 aromatic heterocycles. The van der Waals surface area contributed by atoms with Crippen molar-refractivity contribution >= 4 is 26.8 Å². The van der Waals surface area contributed by atoms with Gasteiger partial charge >= 0.3 is 0 Å². The molecule has 0 aliphatic carbocycles. The molecule has 1 aliphatic rings. The van der Waals surface area contributed by atoms with E-state index < -0.39 is 15.3 Å². The van der Waals surface area contributed by atoms with Crippen LogP contribution >= 0.6 is 0 Å². The lowest BCUT2D eigenvalue weighted by molar-refractivity contribution is -0.130. The third-order valence-corrected chi connectivity index (χ3v) is 7.02. The fraction of sp³-hybridized carbons (Fsp3) is 0.526. The van der Waals surface area contributed by atoms with Crippen LogP contribution in [0.4, 0.5) is 0 Å². The Morgan fingerprint density at radius 2 is 2.11 bits per heavy atom. The van der Waals surface area contributed by atoms with Crippen LogP contribution in [0.2, 0.25) is 0 Å². The summed E-state index contributed by atoms with van der Waals surface area (Å²) in [4.78, 5) is 31.0. The Morgan fingerprint density at radius 3 is 2.82 bits per heavy atom. The number of amides is 1. The molecule has 1 atom stereocenters. The number of rotatable bonds is 6. The second kappa shape index (κ2) is 8.00. The molecule has 0 radical (unpaired) electrons. The highest BCUT2D eigenvalue weighted by Crippen LogP contribution is 2.18. The van der Waals surface area contributed by atoms with Gasteiger partial charge in [-0.1, -0.05) is 12.1 Å². The van der Waals surface area contributed by atoms with Gasteiger partial charge in [-0.25, -0.2) is 18.1 Å². The Morgan fingerprint density at radius 1 is 1.36 bits per heavy atom. The maximum absolute atomic E-state index is 12.6. The van der Waals surface area contributed by atoms with E-state index >= 15 is 0 Å². The minimum absolute atomic E-state index is 0.128. The Balaban J connectivity index is 1.65. The Hall–Kier alpha value is -2.26. The van der Waals surface area contributed by atoms with Crippen molar-refractivity contribution in [2.45, 2.75) is 51.4 Å². The van der Waals surface area contributed by atoms with Crippen LogP contribution in [0, 0.1) is 6.92 Å². The highest BCUT2D eigenvalue weighted by Gasteiger charge is 2.35. The van der Waals surface area contributed by atoms with Gasteiger partial charge in [0.1, 0.15) is 0 Å². The maximum Gasteiger partial charge on any atom is 0.261 e. The molecule has 0 saturated carbocycles. The van der Waals surface area contributed by atoms with Gasteiger partial charge in [-0.05, 0) is 38.8 Å². The number of aryl methyl sites for hydroxylation is 2. The van der Waals surface area contributed by atoms with Crippen molar-refractivity contribution in [3.05, 3.63) is 40.4 Å². The molecule has 1 amide bonds. The van der Waals surface area contributed by atoms with Gasteiger partial charge in [0.2, 0.25) is 15.9 Å². The van der Waals surface area contributed by atoms with Gasteiger partial charge in [0.25, 0.3) is 5.56 Å². The van der Waals surface area contributed by atoms with Crippen molar-refractivity contribution in [2.75, 3.05) is 13.1 Å². The number of para-hydroxylation sites is 1. The highest BCUT2D eigenvalue weighted by molar-refractivity contribution is 7.90. The zero-order chi connectivity index (χ0) is 20.5. The molecule has 0 spiro atoms. The first-order valence-electron chi connectivity index (χ1n) is 9.42. The van der Waals surface area contributed by atoms with E-state index in [1.165, 1.54) is 10.9 Å². The van der Waals surface area contributed by atoms with Gasteiger partial charge < -0.3 is 4.90 Å². The van der Waals surface area contributed by atoms with Crippen molar-refractivity contribution < 1.29 is 13.2 Å². The smallest absolute Gasteiger partial charge is 0.261 e. The second-order valence-electron chi connectivity index (χ2n) is 7.53. The SMILES string of the molecule is Cc1cccc2c(=O)n(CCC(=O)N3CCC(S(=O)(=O)NC(C)C)C3)cnc12. The van der Waals surface area contributed by atoms with Gasteiger partial charge in [-0.3, -0.25) is 14.2 Å². The molecule has 3 rings (SSSR count). The van der Waals surface area contributed by atoms with Crippen molar-refractivity contribution in [3.8, 4) is 0 Å². The van der Waals surface area contributed by atoms with E-state index in [0.29, 0.717) is 23.9 Å². The number of nitrogens with one attached hydrogen (secondary N) is 1. The van der Waals surface area contributed by atoms with Crippen molar-refractivity contribution in [1.29, 1.82) is 0 Å². The van der Waals surface area contributed by atoms with Crippen LogP contribution in [0.5, 0.6) is 0 Å². The van der Waals surface area contributed by atoms with Crippen LogP contribution < -0.4 is 10.3 Å². The average molecular weight is 407 g/mol. The lowest BCUT2D eigenvalue weighted by Gasteiger charge is -2.18. The van der Waals surface area contributed by atoms with Crippen molar-refractivity contribution in [3.63, 3.8) is 0 Å². The topological polar surface area (TPSA) is 101 Å². The number of hydrogen-bond donors (Lipinski definition) is 1. The normalized spacial score (nSPS) is 17.6. The molecule has 2 aromatic rings. The van der Waals surface area contributed by atoms with E-state index in [4.69, 9.17) is 0 Å². The molecule has 1 fully saturated rings. The van der Waals surface area contributed by atoms with E-state index in [1.54, 1.807) is 24.8 Å². The van der Waals surface area contributed by atoms with E-state index in [9.17, 15) is 18.0 Å². The zero-order valence-electron chi connectivity index (χ0n) is 16.4. The molecular weight excluding hydrogens is 380 g/mol. The van der Waals surface area contributed by atoms with Crippen molar-refractivity contribution in [2.24, 2.45) is 0 Å². The summed E-state index contributed by atoms with van der Waals surface area (Å²) in [7, 11) is -3.44. The van der Waals surface area contributed by atoms with Gasteiger partial charge in [-0.15, -0.1) is 0 Å². The molecule has 1 unspecified atom stereocenters. The van der Waals surface area contributed by atoms with Gasteiger partial charge in [-0.2, -0.15) is 0 Å². The van der Waals surface area contributed by atoms with E-state index in [2.05, 4.69) is 9.71 Å². The third kappa shape index (κ3) is 4.25. The summed E-state index contributed by atoms with van der Waals surface area (Å²) in [6, 6.07) is 5.26. The lowest BCUT2D eigenvalue weighted by Crippen LogP contribution is -2.40. The number of benzene rings is 1. The summed E-state index contributed by atoms with van der Waals surface area (Å²) in [5.74, 6) is -0.154. The first kappa shape index (κ1) is 20.5. The molecule has 152 valence electrons. The summed E-state index contributed by atoms with van der Waals surface area (Å²) in [6.07, 6.45) is 2.02. The number of nitrogens with zero attached hydrogens (tertiary/aromatic N) is 3. The number of aromatic nitrogens is 2. The van der Waals surface area contributed by atoms with Crippen molar-refractivity contribution in [1.82, 2.24) is 19.2 Å². The molecule has 1 aliphatic heterocycles. The molecule has 9 heteroatoms. The molecule has 1 saturated heterocycles. The minimum Gasteiger partial charge on any atom is -0.341 e. The monoisotopic (exact) mass is 406 g/mol. The molecule has 2 heterocycles. The lowest BCUT2D eigenvalue weighted by atomic mass is 10.1. The summed E-state index contributed by atoms with van der Waals surface area (Å²) < 4.78 is 28.6. The fourth-order valence-corrected chi connectivity index (χ4v) is 5.15. The molecule has 0 bridgehead atoms. The summed E-state index contributed by atoms with van der Waals surface area (Å²) in [6.45, 7) is 6.25. The number of carbonyl (C=O) groups is 1. The highest BCUT2D eigenvalue weighted by atomic mass is 32.2. The van der Waals surface area contributed by atoms with Crippen LogP contribution in [-0.2, 0) is 21.4 Å². The van der Waals surface area contributed by atoms with Gasteiger partial charge in [0.05, 0.1) is 22.5 Å². The summed E-state index contributed by atoms with van der Waals surface area (Å²) >= 11 is 0. The van der Waals surface area contributed by atoms with Crippen LogP contribution in [0.3, 0.4) is 0 Å². The minimum atomic E-state index is -3.44. The summed E-state index contributed by atoms with van der Waals surface area (Å²) in [5.41, 5.74) is 1.42. The molecule has 1 N–H and O–H groups in total. The Kier molecular flexibility index (Phi) is 5.85. The van der Waals surface area contributed by atoms with Crippen LogP contribution in [0.1, 0.15) is 32.3 Å². The van der Waals surface area contributed by atoms with Crippen LogP contribution in [-0.4, -0.2) is 53.2 Å². The number of hydrogen-bond acceptors (Lipinski definition) is 5. The van der Waals surface area contributed by atoms with E-state index in [-0.39, 0.29) is 37.0 Å². The maximum atomic E-state index is 12.6. The van der Waals surface area contributed by atoms with E-state index in [0.717, 1.165) is 5.56 Å². The number of likely N-dealkylation sites (tertiary alicyclic amines) is 1. The van der Waals surface area contributed by atoms with Gasteiger partial charge in [0, 0.05) is 32.1 Å². The standard InChI is InChI=1S/C19H26N4O4S/c1-13(2)21-28(26,27)15-7-9-22(11-15)17(24)8-10-23-12-20-18-14(3)5-4-6-16(18)19(23)25/h4-6,12-13,15,21H,7-11H2,1-3H3. The quantitative estimate of drug-likeness (QED) is 0.772. The number of carbonyl (C=O) groups excluding carboxylic acids is 1. The van der Waals surface area contributed by atoms with E-state index in [1.807, 2.05) is 19.1 Å². The number of fused-ring (bicyclic) bond motifs is 1. The fourth-order valence-electron chi connectivity index (χ4n) is 3.50. The molecule has 8 nitrogen and oxygen atoms in total. The molecule has 28 heavy (non-hydrogen) atoms. The number of sulfonamides is 1. The largest absolute Gasteiger partial charge is 0.341 e. The van der Waals surface area contributed by atoms with Crippen LogP contribution in [0.15, 0.2) is 29.3 Å². The first-order chi connectivity index (χ1) is 13.2. The summed E-state index contributed by atoms with van der Waals surface area (Å²) in [5, 5.41) is -0.0612. The third-order valence-electron chi connectivity index (χ3n) is 4.96. The van der Waals surface area contributed by atoms with Gasteiger partial charge in [0.15, 0.2) is 0 Å². The Labute approximate surface area is 164 Å². The first-order valence-corrected chi connectivity index (χ1v) is 11.0. The predicted molar refractivity (Wildman–Crippen MR) is 108 cm³/mol. The molecule has 1 aromatic carbocycles. The van der Waals surface area contributed by atoms with Crippen LogP contribution in [0.25, 0.3) is 10.9 Å². The Bertz CT molecular complexity index is 1050. The zero-order valence-corrected chi connectivity index (χ0v) is 17.2. The average Bonchev–Trinajstić information content (AvgIpc) is 3.12. The predicted octanol–water partition coefficient (Wildman–Crippen LogP) is 1.02.